The third-order valence-electron chi connectivity index (χ3n) is 3.19. The molecule has 0 aromatic carbocycles. The van der Waals surface area contributed by atoms with Crippen LogP contribution in [0.3, 0.4) is 0 Å². The van der Waals surface area contributed by atoms with Crippen molar-refractivity contribution < 1.29 is 0 Å². The lowest BCUT2D eigenvalue weighted by atomic mass is 9.80. The van der Waals surface area contributed by atoms with E-state index in [1.807, 2.05) is 0 Å². The largest absolute Gasteiger partial charge is 0.0856 e. The van der Waals surface area contributed by atoms with Gasteiger partial charge in [0.05, 0.1) is 7.85 Å². The van der Waals surface area contributed by atoms with Gasteiger partial charge in [0.1, 0.15) is 0 Å². The Bertz CT molecular complexity index is 111. The van der Waals surface area contributed by atoms with Crippen LogP contribution >= 0.6 is 0 Å². The molecule has 0 nitrogen and oxygen atoms in total. The molecule has 2 aliphatic carbocycles. The van der Waals surface area contributed by atoms with E-state index in [4.69, 9.17) is 7.85 Å². The average Bonchev–Trinajstić information content (AvgIpc) is 2.45. The van der Waals surface area contributed by atoms with Crippen molar-refractivity contribution in [3.8, 4) is 0 Å². The molecule has 2 bridgehead atoms. The van der Waals surface area contributed by atoms with Gasteiger partial charge in [-0.2, -0.15) is 0 Å². The van der Waals surface area contributed by atoms with E-state index >= 15 is 0 Å². The second-order valence-electron chi connectivity index (χ2n) is 3.67. The Kier molecular flexibility index (Phi) is 1.32. The van der Waals surface area contributed by atoms with Gasteiger partial charge in [-0.25, -0.2) is 0 Å². The van der Waals surface area contributed by atoms with Gasteiger partial charge in [-0.15, -0.1) is 0 Å². The molecule has 2 rings (SSSR count). The number of hydrogen-bond acceptors (Lipinski definition) is 0. The second kappa shape index (κ2) is 2.03. The molecule has 0 N–H and O–H groups in total. The minimum absolute atomic E-state index is 0.906. The summed E-state index contributed by atoms with van der Waals surface area (Å²) in [7, 11) is 5.62. The molecule has 0 amide bonds. The van der Waals surface area contributed by atoms with Gasteiger partial charge in [-0.1, -0.05) is 12.7 Å². The Morgan fingerprint density at radius 3 is 2.44 bits per heavy atom. The molecular formula is C8H13B. The summed E-state index contributed by atoms with van der Waals surface area (Å²) in [6.07, 6.45) is 6.87. The zero-order valence-electron chi connectivity index (χ0n) is 5.84. The van der Waals surface area contributed by atoms with Gasteiger partial charge < -0.3 is 0 Å². The smallest absolute Gasteiger partial charge is 0.0656 e. The molecule has 1 heteroatoms. The highest BCUT2D eigenvalue weighted by Crippen LogP contribution is 2.49. The normalized spacial score (nSPS) is 48.2. The van der Waals surface area contributed by atoms with Crippen molar-refractivity contribution in [2.24, 2.45) is 17.8 Å². The molecule has 48 valence electrons. The minimum Gasteiger partial charge on any atom is -0.0856 e. The van der Waals surface area contributed by atoms with Crippen LogP contribution in [0, 0.1) is 17.8 Å². The molecule has 2 aliphatic rings. The predicted octanol–water partition coefficient (Wildman–Crippen LogP) is 2.01. The van der Waals surface area contributed by atoms with E-state index in [-0.39, 0.29) is 0 Å². The Morgan fingerprint density at radius 2 is 2.11 bits per heavy atom. The number of hydrogen-bond donors (Lipinski definition) is 0. The van der Waals surface area contributed by atoms with E-state index in [2.05, 4.69) is 0 Å². The van der Waals surface area contributed by atoms with Crippen molar-refractivity contribution in [3.05, 3.63) is 0 Å². The summed E-state index contributed by atoms with van der Waals surface area (Å²) in [5.74, 6) is 3.01. The van der Waals surface area contributed by atoms with Crippen LogP contribution < -0.4 is 0 Å². The quantitative estimate of drug-likeness (QED) is 0.464. The Labute approximate surface area is 58.4 Å². The SMILES string of the molecule is [B]CC1CC2CCC1C2. The van der Waals surface area contributed by atoms with Crippen LogP contribution in [0.25, 0.3) is 0 Å². The number of fused-ring (bicyclic) bond motifs is 2. The zero-order valence-corrected chi connectivity index (χ0v) is 5.84. The third-order valence-corrected chi connectivity index (χ3v) is 3.19. The fourth-order valence-electron chi connectivity index (χ4n) is 2.67. The Morgan fingerprint density at radius 1 is 1.22 bits per heavy atom. The van der Waals surface area contributed by atoms with Crippen LogP contribution in [0.15, 0.2) is 0 Å². The van der Waals surface area contributed by atoms with Crippen LogP contribution in [0.1, 0.15) is 25.7 Å². The summed E-state index contributed by atoms with van der Waals surface area (Å²) in [5.41, 5.74) is 0. The lowest BCUT2D eigenvalue weighted by Crippen LogP contribution is -2.08. The first-order valence-corrected chi connectivity index (χ1v) is 4.10. The predicted molar refractivity (Wildman–Crippen MR) is 39.5 cm³/mol. The van der Waals surface area contributed by atoms with Crippen LogP contribution in [0.2, 0.25) is 6.32 Å². The van der Waals surface area contributed by atoms with Crippen molar-refractivity contribution in [2.75, 3.05) is 0 Å². The maximum atomic E-state index is 5.62. The Balaban J connectivity index is 2.01. The van der Waals surface area contributed by atoms with Gasteiger partial charge in [-0.05, 0) is 37.0 Å². The van der Waals surface area contributed by atoms with Gasteiger partial charge in [0.2, 0.25) is 0 Å². The van der Waals surface area contributed by atoms with E-state index in [0.29, 0.717) is 0 Å². The fraction of sp³-hybridized carbons (Fsp3) is 1.00. The zero-order chi connectivity index (χ0) is 6.27. The summed E-state index contributed by atoms with van der Waals surface area (Å²) in [6.45, 7) is 0. The van der Waals surface area contributed by atoms with Gasteiger partial charge in [0, 0.05) is 0 Å². The van der Waals surface area contributed by atoms with E-state index < -0.39 is 0 Å². The van der Waals surface area contributed by atoms with E-state index in [1.54, 1.807) is 0 Å². The first kappa shape index (κ1) is 5.82. The van der Waals surface area contributed by atoms with Crippen LogP contribution in [0.4, 0.5) is 0 Å². The summed E-state index contributed by atoms with van der Waals surface area (Å²) < 4.78 is 0. The van der Waals surface area contributed by atoms with E-state index in [0.717, 1.165) is 24.1 Å². The molecule has 2 saturated carbocycles. The lowest BCUT2D eigenvalue weighted by Gasteiger charge is -2.19. The minimum atomic E-state index is 0.906. The van der Waals surface area contributed by atoms with Crippen molar-refractivity contribution in [2.45, 2.75) is 32.0 Å². The second-order valence-corrected chi connectivity index (χ2v) is 3.67. The molecule has 2 fully saturated rings. The van der Waals surface area contributed by atoms with Crippen molar-refractivity contribution >= 4 is 7.85 Å². The average molecular weight is 120 g/mol. The maximum Gasteiger partial charge on any atom is 0.0656 e. The summed E-state index contributed by atoms with van der Waals surface area (Å²) in [4.78, 5) is 0. The highest BCUT2D eigenvalue weighted by molar-refractivity contribution is 6.08. The monoisotopic (exact) mass is 120 g/mol. The highest BCUT2D eigenvalue weighted by atomic mass is 14.4. The fourth-order valence-corrected chi connectivity index (χ4v) is 2.67. The summed E-state index contributed by atoms with van der Waals surface area (Å²) in [6, 6.07) is 0. The molecule has 9 heavy (non-hydrogen) atoms. The molecule has 0 spiro atoms. The summed E-state index contributed by atoms with van der Waals surface area (Å²) in [5, 5.41) is 0. The molecule has 0 aromatic rings. The standard InChI is InChI=1S/C8H13B/c9-5-8-4-6-1-2-7(8)3-6/h6-8H,1-5H2. The van der Waals surface area contributed by atoms with Crippen molar-refractivity contribution in [3.63, 3.8) is 0 Å². The maximum absolute atomic E-state index is 5.62. The van der Waals surface area contributed by atoms with Crippen molar-refractivity contribution in [1.82, 2.24) is 0 Å². The topological polar surface area (TPSA) is 0 Å². The molecule has 3 atom stereocenters. The molecule has 3 unspecified atom stereocenters. The van der Waals surface area contributed by atoms with Gasteiger partial charge >= 0.3 is 0 Å². The van der Waals surface area contributed by atoms with Crippen LogP contribution in [-0.4, -0.2) is 7.85 Å². The lowest BCUT2D eigenvalue weighted by molar-refractivity contribution is 0.360. The first-order chi connectivity index (χ1) is 4.40. The van der Waals surface area contributed by atoms with Gasteiger partial charge in [-0.3, -0.25) is 0 Å². The summed E-state index contributed by atoms with van der Waals surface area (Å²) >= 11 is 0. The molecule has 2 radical (unpaired) electrons. The number of rotatable bonds is 1. The molecule has 0 saturated heterocycles. The molecular weight excluding hydrogens is 107 g/mol. The van der Waals surface area contributed by atoms with Crippen LogP contribution in [0.5, 0.6) is 0 Å². The van der Waals surface area contributed by atoms with Crippen LogP contribution in [-0.2, 0) is 0 Å². The van der Waals surface area contributed by atoms with E-state index in [1.165, 1.54) is 25.7 Å². The van der Waals surface area contributed by atoms with Gasteiger partial charge in [0.15, 0.2) is 0 Å². The van der Waals surface area contributed by atoms with Gasteiger partial charge in [0.25, 0.3) is 0 Å². The Hall–Kier alpha value is 0.0649. The van der Waals surface area contributed by atoms with E-state index in [9.17, 15) is 0 Å². The molecule has 0 aliphatic heterocycles. The third kappa shape index (κ3) is 0.816. The molecule has 0 heterocycles. The van der Waals surface area contributed by atoms with Crippen molar-refractivity contribution in [1.29, 1.82) is 0 Å². The molecule has 0 aromatic heterocycles. The first-order valence-electron chi connectivity index (χ1n) is 4.10. The highest BCUT2D eigenvalue weighted by Gasteiger charge is 2.37.